The van der Waals surface area contributed by atoms with E-state index in [0.717, 1.165) is 33.3 Å². The molecule has 0 spiro atoms. The van der Waals surface area contributed by atoms with Gasteiger partial charge in [-0.1, -0.05) is 129 Å². The SMILES string of the molecule is CC1(C)c2c3cccc2-c2ccc4c5ccccc5n(c4c21)-c1nc(-c2ccccc2)nc(n1)-c1cccc(c1)-c1cccc-3c1. The van der Waals surface area contributed by atoms with Crippen LogP contribution in [-0.2, 0) is 5.41 Å². The van der Waals surface area contributed by atoms with Gasteiger partial charge in [0.05, 0.1) is 11.0 Å². The summed E-state index contributed by atoms with van der Waals surface area (Å²) in [6.45, 7) is 4.75. The fourth-order valence-corrected chi connectivity index (χ4v) is 7.95. The Kier molecular flexibility index (Phi) is 5.03. The van der Waals surface area contributed by atoms with Gasteiger partial charge >= 0.3 is 0 Å². The van der Waals surface area contributed by atoms with Gasteiger partial charge < -0.3 is 0 Å². The van der Waals surface area contributed by atoms with E-state index in [0.29, 0.717) is 17.6 Å². The number of fused-ring (bicyclic) bond motifs is 14. The van der Waals surface area contributed by atoms with Gasteiger partial charge in [0.15, 0.2) is 11.6 Å². The Balaban J connectivity index is 1.43. The van der Waals surface area contributed by atoms with Crippen molar-refractivity contribution in [2.24, 2.45) is 0 Å². The van der Waals surface area contributed by atoms with Crippen LogP contribution in [0.1, 0.15) is 25.0 Å². The number of hydrogen-bond acceptors (Lipinski definition) is 3. The molecule has 0 saturated carbocycles. The summed E-state index contributed by atoms with van der Waals surface area (Å²) in [4.78, 5) is 15.6. The van der Waals surface area contributed by atoms with Crippen LogP contribution >= 0.6 is 0 Å². The first-order chi connectivity index (χ1) is 22.6. The molecule has 4 nitrogen and oxygen atoms in total. The molecule has 1 aliphatic heterocycles. The highest BCUT2D eigenvalue weighted by molar-refractivity contribution is 6.13. The lowest BCUT2D eigenvalue weighted by Crippen LogP contribution is -2.18. The zero-order chi connectivity index (χ0) is 30.6. The summed E-state index contributed by atoms with van der Waals surface area (Å²) in [7, 11) is 0. The lowest BCUT2D eigenvalue weighted by Gasteiger charge is -2.26. The van der Waals surface area contributed by atoms with Crippen LogP contribution in [0.25, 0.3) is 83.9 Å². The van der Waals surface area contributed by atoms with Crippen LogP contribution in [0.5, 0.6) is 0 Å². The van der Waals surface area contributed by atoms with Gasteiger partial charge in [-0.25, -0.2) is 4.98 Å². The van der Waals surface area contributed by atoms with E-state index in [1.807, 2.05) is 18.2 Å². The molecule has 4 heteroatoms. The van der Waals surface area contributed by atoms with Crippen molar-refractivity contribution >= 4 is 21.8 Å². The van der Waals surface area contributed by atoms with Crippen LogP contribution < -0.4 is 0 Å². The van der Waals surface area contributed by atoms with Crippen LogP contribution in [0, 0.1) is 0 Å². The molecule has 0 saturated heterocycles. The standard InChI is InChI=1S/C42H28N4/c1-42(2)36-30-18-10-19-32(36)33-21-22-34-31-17-6-7-20-35(31)46(38(34)37(33)42)41-44-39(25-11-4-3-5-12-25)43-40(45-41)29-16-9-14-27(24-29)26-13-8-15-28(30)23-26/h3-24H,1-2H3. The molecule has 0 N–H and O–H groups in total. The van der Waals surface area contributed by atoms with Gasteiger partial charge in [0.25, 0.3) is 0 Å². The molecule has 0 amide bonds. The summed E-state index contributed by atoms with van der Waals surface area (Å²) in [5, 5.41) is 2.39. The topological polar surface area (TPSA) is 43.6 Å². The van der Waals surface area contributed by atoms with Crippen molar-refractivity contribution in [1.29, 1.82) is 0 Å². The van der Waals surface area contributed by atoms with Crippen molar-refractivity contribution in [3.63, 3.8) is 0 Å². The largest absolute Gasteiger partial charge is 0.277 e. The van der Waals surface area contributed by atoms with E-state index in [2.05, 4.69) is 134 Å². The number of aromatic nitrogens is 4. The molecule has 10 rings (SSSR count). The predicted molar refractivity (Wildman–Crippen MR) is 187 cm³/mol. The normalized spacial score (nSPS) is 13.6. The Bertz CT molecular complexity index is 2560. The zero-order valence-electron chi connectivity index (χ0n) is 25.5. The van der Waals surface area contributed by atoms with Crippen molar-refractivity contribution in [3.8, 4) is 62.1 Å². The average molecular weight is 589 g/mol. The van der Waals surface area contributed by atoms with Crippen LogP contribution in [0.4, 0.5) is 0 Å². The quantitative estimate of drug-likeness (QED) is 0.192. The Labute approximate surface area is 266 Å². The number of rotatable bonds is 1. The summed E-state index contributed by atoms with van der Waals surface area (Å²) in [6, 6.07) is 47.8. The lowest BCUT2D eigenvalue weighted by atomic mass is 9.78. The van der Waals surface area contributed by atoms with E-state index in [1.54, 1.807) is 0 Å². The van der Waals surface area contributed by atoms with E-state index in [4.69, 9.17) is 15.0 Å². The molecule has 2 aromatic heterocycles. The van der Waals surface area contributed by atoms with Crippen molar-refractivity contribution < 1.29 is 0 Å². The molecule has 216 valence electrons. The summed E-state index contributed by atoms with van der Waals surface area (Å²) in [5.41, 5.74) is 13.9. The monoisotopic (exact) mass is 588 g/mol. The maximum Gasteiger partial charge on any atom is 0.238 e. The molecule has 1 aliphatic carbocycles. The third-order valence-corrected chi connectivity index (χ3v) is 9.92. The number of nitrogens with zero attached hydrogens (tertiary/aromatic N) is 4. The van der Waals surface area contributed by atoms with Crippen LogP contribution in [0.3, 0.4) is 0 Å². The Morgan fingerprint density at radius 3 is 1.89 bits per heavy atom. The van der Waals surface area contributed by atoms with Gasteiger partial charge in [-0.3, -0.25) is 4.57 Å². The van der Waals surface area contributed by atoms with Crippen LogP contribution in [0.15, 0.2) is 133 Å². The first-order valence-corrected chi connectivity index (χ1v) is 15.8. The second kappa shape index (κ2) is 9.09. The Morgan fingerprint density at radius 2 is 1.07 bits per heavy atom. The van der Waals surface area contributed by atoms with Crippen LogP contribution in [-0.4, -0.2) is 19.5 Å². The molecular weight excluding hydrogens is 560 g/mol. The second-order valence-electron chi connectivity index (χ2n) is 12.9. The van der Waals surface area contributed by atoms with Gasteiger partial charge in [0.2, 0.25) is 5.95 Å². The maximum atomic E-state index is 5.28. The third kappa shape index (κ3) is 3.41. The highest BCUT2D eigenvalue weighted by Gasteiger charge is 2.40. The molecule has 0 unspecified atom stereocenters. The minimum Gasteiger partial charge on any atom is -0.277 e. The molecule has 0 radical (unpaired) electrons. The van der Waals surface area contributed by atoms with Gasteiger partial charge in [-0.15, -0.1) is 0 Å². The number of para-hydroxylation sites is 1. The molecule has 46 heavy (non-hydrogen) atoms. The van der Waals surface area contributed by atoms with E-state index < -0.39 is 0 Å². The molecule has 2 aliphatic rings. The molecule has 8 aromatic rings. The Hall–Kier alpha value is -5.87. The summed E-state index contributed by atoms with van der Waals surface area (Å²) in [5.74, 6) is 1.93. The van der Waals surface area contributed by atoms with E-state index in [9.17, 15) is 0 Å². The van der Waals surface area contributed by atoms with Crippen molar-refractivity contribution in [2.75, 3.05) is 0 Å². The summed E-state index contributed by atoms with van der Waals surface area (Å²) < 4.78 is 2.29. The van der Waals surface area contributed by atoms with Crippen molar-refractivity contribution in [2.45, 2.75) is 19.3 Å². The van der Waals surface area contributed by atoms with E-state index >= 15 is 0 Å². The van der Waals surface area contributed by atoms with Gasteiger partial charge in [-0.2, -0.15) is 9.97 Å². The molecule has 0 atom stereocenters. The number of benzene rings is 6. The van der Waals surface area contributed by atoms with Crippen molar-refractivity contribution in [3.05, 3.63) is 145 Å². The first kappa shape index (κ1) is 25.5. The van der Waals surface area contributed by atoms with Gasteiger partial charge in [0.1, 0.15) is 0 Å². The number of hydrogen-bond donors (Lipinski definition) is 0. The fraction of sp³-hybridized carbons (Fsp3) is 0.0714. The smallest absolute Gasteiger partial charge is 0.238 e. The molecular formula is C42H28N4. The molecule has 0 fully saturated rings. The fourth-order valence-electron chi connectivity index (χ4n) is 7.95. The van der Waals surface area contributed by atoms with Crippen LogP contribution in [0.2, 0.25) is 0 Å². The maximum absolute atomic E-state index is 5.28. The zero-order valence-corrected chi connectivity index (χ0v) is 25.5. The highest BCUT2D eigenvalue weighted by Crippen LogP contribution is 2.55. The van der Waals surface area contributed by atoms with E-state index in [1.165, 1.54) is 44.2 Å². The summed E-state index contributed by atoms with van der Waals surface area (Å²) >= 11 is 0. The van der Waals surface area contributed by atoms with E-state index in [-0.39, 0.29) is 5.41 Å². The van der Waals surface area contributed by atoms with Crippen molar-refractivity contribution in [1.82, 2.24) is 19.5 Å². The molecule has 3 heterocycles. The third-order valence-electron chi connectivity index (χ3n) is 9.92. The minimum absolute atomic E-state index is 0.293. The van der Waals surface area contributed by atoms with Gasteiger partial charge in [0, 0.05) is 27.3 Å². The highest BCUT2D eigenvalue weighted by atomic mass is 15.2. The predicted octanol–water partition coefficient (Wildman–Crippen LogP) is 10.3. The lowest BCUT2D eigenvalue weighted by molar-refractivity contribution is 0.665. The first-order valence-electron chi connectivity index (χ1n) is 15.8. The second-order valence-corrected chi connectivity index (χ2v) is 12.9. The molecule has 8 bridgehead atoms. The average Bonchev–Trinajstić information content (AvgIpc) is 3.57. The summed E-state index contributed by atoms with van der Waals surface area (Å²) in [6.07, 6.45) is 0. The Morgan fingerprint density at radius 1 is 0.457 bits per heavy atom. The minimum atomic E-state index is -0.293. The van der Waals surface area contributed by atoms with Gasteiger partial charge in [-0.05, 0) is 62.7 Å². The molecule has 6 aromatic carbocycles.